The Hall–Kier alpha value is -2.02. The molecule has 0 atom stereocenters. The van der Waals surface area contributed by atoms with Gasteiger partial charge in [0.1, 0.15) is 0 Å². The van der Waals surface area contributed by atoms with Gasteiger partial charge < -0.3 is 0 Å². The molecule has 7 heteroatoms. The number of tetrazole rings is 1. The standard InChI is InChI=1S/C9H8N6S/c1-2-16-6-8(1)9-12-13-14-15(9)5-7-3-10-11-4-7/h1-4,6H,5H2,(H,10,11). The lowest BCUT2D eigenvalue weighted by atomic mass is 10.3. The van der Waals surface area contributed by atoms with Gasteiger partial charge in [-0.1, -0.05) is 0 Å². The van der Waals surface area contributed by atoms with Crippen LogP contribution in [0.15, 0.2) is 29.2 Å². The minimum absolute atomic E-state index is 0.620. The second-order valence-electron chi connectivity index (χ2n) is 3.28. The van der Waals surface area contributed by atoms with Crippen molar-refractivity contribution >= 4 is 11.3 Å². The molecule has 0 saturated heterocycles. The van der Waals surface area contributed by atoms with E-state index in [4.69, 9.17) is 0 Å². The van der Waals surface area contributed by atoms with Crippen molar-refractivity contribution < 1.29 is 0 Å². The Labute approximate surface area is 94.9 Å². The van der Waals surface area contributed by atoms with Crippen molar-refractivity contribution in [3.63, 3.8) is 0 Å². The predicted molar refractivity (Wildman–Crippen MR) is 58.8 cm³/mol. The van der Waals surface area contributed by atoms with Gasteiger partial charge in [-0.05, 0) is 21.9 Å². The van der Waals surface area contributed by atoms with Crippen molar-refractivity contribution in [2.45, 2.75) is 6.54 Å². The molecule has 0 aromatic carbocycles. The Morgan fingerprint density at radius 2 is 2.44 bits per heavy atom. The number of H-pyrrole nitrogens is 1. The number of hydrogen-bond donors (Lipinski definition) is 1. The van der Waals surface area contributed by atoms with Crippen LogP contribution in [0.1, 0.15) is 5.56 Å². The average molecular weight is 232 g/mol. The number of hydrogen-bond acceptors (Lipinski definition) is 5. The van der Waals surface area contributed by atoms with Crippen LogP contribution in [0.4, 0.5) is 0 Å². The highest BCUT2D eigenvalue weighted by molar-refractivity contribution is 7.08. The van der Waals surface area contributed by atoms with E-state index in [1.807, 2.05) is 23.0 Å². The first-order chi connectivity index (χ1) is 7.93. The van der Waals surface area contributed by atoms with Gasteiger partial charge in [0.15, 0.2) is 5.82 Å². The third-order valence-corrected chi connectivity index (χ3v) is 2.88. The maximum absolute atomic E-state index is 4.02. The first kappa shape index (κ1) is 9.22. The van der Waals surface area contributed by atoms with Crippen LogP contribution < -0.4 is 0 Å². The molecule has 3 heterocycles. The SMILES string of the molecule is c1cc(-c2nnnn2Cc2cn[nH]c2)cs1. The Bertz CT molecular complexity index is 553. The Balaban J connectivity index is 1.94. The second-order valence-corrected chi connectivity index (χ2v) is 4.06. The van der Waals surface area contributed by atoms with Gasteiger partial charge in [-0.25, -0.2) is 4.68 Å². The lowest BCUT2D eigenvalue weighted by Crippen LogP contribution is -2.03. The molecule has 0 amide bonds. The minimum atomic E-state index is 0.620. The lowest BCUT2D eigenvalue weighted by molar-refractivity contribution is 0.653. The van der Waals surface area contributed by atoms with Gasteiger partial charge in [-0.2, -0.15) is 16.4 Å². The average Bonchev–Trinajstić information content (AvgIpc) is 2.98. The van der Waals surface area contributed by atoms with E-state index in [1.165, 1.54) is 0 Å². The summed E-state index contributed by atoms with van der Waals surface area (Å²) in [6, 6.07) is 2.00. The van der Waals surface area contributed by atoms with E-state index in [-0.39, 0.29) is 0 Å². The second kappa shape index (κ2) is 3.86. The van der Waals surface area contributed by atoms with E-state index in [9.17, 15) is 0 Å². The number of nitrogens with zero attached hydrogens (tertiary/aromatic N) is 5. The molecule has 1 N–H and O–H groups in total. The summed E-state index contributed by atoms with van der Waals surface area (Å²) in [5.41, 5.74) is 2.09. The molecule has 0 fully saturated rings. The van der Waals surface area contributed by atoms with Crippen LogP contribution in [-0.2, 0) is 6.54 Å². The summed E-state index contributed by atoms with van der Waals surface area (Å²) >= 11 is 1.63. The van der Waals surface area contributed by atoms with E-state index in [2.05, 4.69) is 25.7 Å². The molecule has 6 nitrogen and oxygen atoms in total. The summed E-state index contributed by atoms with van der Waals surface area (Å²) in [4.78, 5) is 0. The highest BCUT2D eigenvalue weighted by atomic mass is 32.1. The molecule has 3 rings (SSSR count). The molecular formula is C9H8N6S. The van der Waals surface area contributed by atoms with Crippen LogP contribution in [0.25, 0.3) is 11.4 Å². The minimum Gasteiger partial charge on any atom is -0.285 e. The van der Waals surface area contributed by atoms with Crippen molar-refractivity contribution in [1.29, 1.82) is 0 Å². The number of nitrogens with one attached hydrogen (secondary N) is 1. The number of aromatic nitrogens is 6. The van der Waals surface area contributed by atoms with E-state index < -0.39 is 0 Å². The number of thiophene rings is 1. The lowest BCUT2D eigenvalue weighted by Gasteiger charge is -2.00. The van der Waals surface area contributed by atoms with Gasteiger partial charge in [-0.15, -0.1) is 5.10 Å². The van der Waals surface area contributed by atoms with Gasteiger partial charge >= 0.3 is 0 Å². The molecule has 0 saturated carbocycles. The van der Waals surface area contributed by atoms with E-state index in [0.717, 1.165) is 17.0 Å². The number of rotatable bonds is 3. The van der Waals surface area contributed by atoms with Gasteiger partial charge in [0.2, 0.25) is 0 Å². The molecule has 0 aliphatic carbocycles. The van der Waals surface area contributed by atoms with Crippen LogP contribution in [0.5, 0.6) is 0 Å². The van der Waals surface area contributed by atoms with E-state index in [1.54, 1.807) is 22.2 Å². The van der Waals surface area contributed by atoms with Crippen LogP contribution in [0.2, 0.25) is 0 Å². The zero-order valence-electron chi connectivity index (χ0n) is 8.24. The monoisotopic (exact) mass is 232 g/mol. The Morgan fingerprint density at radius 3 is 3.19 bits per heavy atom. The number of aromatic amines is 1. The first-order valence-corrected chi connectivity index (χ1v) is 5.64. The fraction of sp³-hybridized carbons (Fsp3) is 0.111. The summed E-state index contributed by atoms with van der Waals surface area (Å²) in [5.74, 6) is 0.780. The van der Waals surface area contributed by atoms with Crippen LogP contribution in [-0.4, -0.2) is 30.4 Å². The molecule has 0 aliphatic heterocycles. The molecular weight excluding hydrogens is 224 g/mol. The van der Waals surface area contributed by atoms with Gasteiger partial charge in [0.25, 0.3) is 0 Å². The van der Waals surface area contributed by atoms with Crippen LogP contribution in [0.3, 0.4) is 0 Å². The van der Waals surface area contributed by atoms with Crippen LogP contribution >= 0.6 is 11.3 Å². The zero-order chi connectivity index (χ0) is 10.8. The first-order valence-electron chi connectivity index (χ1n) is 4.70. The Morgan fingerprint density at radius 1 is 1.44 bits per heavy atom. The predicted octanol–water partition coefficient (Wildman–Crippen LogP) is 1.17. The topological polar surface area (TPSA) is 72.3 Å². The molecule has 80 valence electrons. The zero-order valence-corrected chi connectivity index (χ0v) is 9.05. The summed E-state index contributed by atoms with van der Waals surface area (Å²) in [6.45, 7) is 0.620. The summed E-state index contributed by atoms with van der Waals surface area (Å²) in [5, 5.41) is 22.4. The largest absolute Gasteiger partial charge is 0.285 e. The molecule has 0 bridgehead atoms. The highest BCUT2D eigenvalue weighted by Crippen LogP contribution is 2.19. The van der Waals surface area contributed by atoms with Crippen molar-refractivity contribution in [3.05, 3.63) is 34.8 Å². The molecule has 16 heavy (non-hydrogen) atoms. The maximum Gasteiger partial charge on any atom is 0.183 e. The van der Waals surface area contributed by atoms with E-state index in [0.29, 0.717) is 6.54 Å². The van der Waals surface area contributed by atoms with Crippen molar-refractivity contribution in [2.75, 3.05) is 0 Å². The molecule has 0 aliphatic rings. The van der Waals surface area contributed by atoms with Gasteiger partial charge in [0, 0.05) is 22.7 Å². The summed E-state index contributed by atoms with van der Waals surface area (Å²) in [6.07, 6.45) is 3.60. The quantitative estimate of drug-likeness (QED) is 0.735. The van der Waals surface area contributed by atoms with Gasteiger partial charge in [-0.3, -0.25) is 5.10 Å². The Kier molecular flexibility index (Phi) is 2.22. The molecule has 3 aromatic heterocycles. The summed E-state index contributed by atoms with van der Waals surface area (Å²) in [7, 11) is 0. The summed E-state index contributed by atoms with van der Waals surface area (Å²) < 4.78 is 1.76. The normalized spacial score (nSPS) is 10.8. The van der Waals surface area contributed by atoms with Crippen LogP contribution in [0, 0.1) is 0 Å². The van der Waals surface area contributed by atoms with E-state index >= 15 is 0 Å². The van der Waals surface area contributed by atoms with Crippen molar-refractivity contribution in [3.8, 4) is 11.4 Å². The molecule has 0 radical (unpaired) electrons. The smallest absolute Gasteiger partial charge is 0.183 e. The van der Waals surface area contributed by atoms with Gasteiger partial charge in [0.05, 0.1) is 12.7 Å². The molecule has 3 aromatic rings. The maximum atomic E-state index is 4.02. The fourth-order valence-electron chi connectivity index (χ4n) is 1.45. The molecule has 0 unspecified atom stereocenters. The fourth-order valence-corrected chi connectivity index (χ4v) is 2.08. The van der Waals surface area contributed by atoms with Crippen molar-refractivity contribution in [1.82, 2.24) is 30.4 Å². The van der Waals surface area contributed by atoms with Crippen molar-refractivity contribution in [2.24, 2.45) is 0 Å². The molecule has 0 spiro atoms. The highest BCUT2D eigenvalue weighted by Gasteiger charge is 2.09. The third-order valence-electron chi connectivity index (χ3n) is 2.20. The third kappa shape index (κ3) is 1.61.